The second-order valence-corrected chi connectivity index (χ2v) is 6.51. The molecule has 1 aromatic carbocycles. The van der Waals surface area contributed by atoms with Crippen LogP contribution in [0.4, 0.5) is 5.69 Å². The fourth-order valence-electron chi connectivity index (χ4n) is 3.25. The van der Waals surface area contributed by atoms with Crippen LogP contribution in [-0.2, 0) is 6.42 Å². The number of benzene rings is 1. The number of nitrogens with one attached hydrogen (secondary N) is 1. The van der Waals surface area contributed by atoms with Gasteiger partial charge in [0.25, 0.3) is 0 Å². The van der Waals surface area contributed by atoms with Crippen LogP contribution >= 0.6 is 11.6 Å². The summed E-state index contributed by atoms with van der Waals surface area (Å²) in [5.41, 5.74) is 4.14. The van der Waals surface area contributed by atoms with E-state index in [4.69, 9.17) is 11.6 Å². The van der Waals surface area contributed by atoms with Gasteiger partial charge in [0, 0.05) is 36.9 Å². The minimum absolute atomic E-state index is 0.872. The molecule has 0 radical (unpaired) electrons. The molecule has 0 saturated carbocycles. The smallest absolute Gasteiger partial charge is 0.0429 e. The van der Waals surface area contributed by atoms with E-state index in [2.05, 4.69) is 48.0 Å². The molecule has 1 aliphatic heterocycles. The maximum Gasteiger partial charge on any atom is 0.0429 e. The van der Waals surface area contributed by atoms with E-state index in [1.807, 2.05) is 0 Å². The lowest BCUT2D eigenvalue weighted by atomic mass is 10.0. The molecule has 1 saturated heterocycles. The standard InChI is InChI=1S/C18H30ClN3/c1-4-21(5-2)10-6-7-16-13-17(19)14-18(15(16)3)22-11-8-20-9-12-22/h13-14,20H,4-12H2,1-3H3. The summed E-state index contributed by atoms with van der Waals surface area (Å²) in [6.45, 7) is 14.4. The summed E-state index contributed by atoms with van der Waals surface area (Å²) in [5, 5.41) is 4.28. The van der Waals surface area contributed by atoms with Crippen molar-refractivity contribution < 1.29 is 0 Å². The molecule has 3 nitrogen and oxygen atoms in total. The van der Waals surface area contributed by atoms with Crippen molar-refractivity contribution in [1.29, 1.82) is 0 Å². The zero-order valence-electron chi connectivity index (χ0n) is 14.3. The number of nitrogens with zero attached hydrogens (tertiary/aromatic N) is 2. The normalized spacial score (nSPS) is 15.6. The van der Waals surface area contributed by atoms with E-state index >= 15 is 0 Å². The van der Waals surface area contributed by atoms with Crippen LogP contribution in [0.1, 0.15) is 31.4 Å². The Bertz CT molecular complexity index is 466. The SMILES string of the molecule is CCN(CC)CCCc1cc(Cl)cc(N2CCNCC2)c1C. The summed E-state index contributed by atoms with van der Waals surface area (Å²) >= 11 is 6.38. The van der Waals surface area contributed by atoms with E-state index in [1.54, 1.807) is 0 Å². The van der Waals surface area contributed by atoms with Crippen LogP contribution in [0.5, 0.6) is 0 Å². The Morgan fingerprint density at radius 2 is 1.86 bits per heavy atom. The van der Waals surface area contributed by atoms with Crippen LogP contribution in [0.15, 0.2) is 12.1 Å². The van der Waals surface area contributed by atoms with Crippen molar-refractivity contribution in [3.05, 3.63) is 28.3 Å². The van der Waals surface area contributed by atoms with Crippen molar-refractivity contribution in [3.8, 4) is 0 Å². The summed E-state index contributed by atoms with van der Waals surface area (Å²) in [7, 11) is 0. The molecule has 0 unspecified atom stereocenters. The van der Waals surface area contributed by atoms with E-state index in [0.29, 0.717) is 0 Å². The highest BCUT2D eigenvalue weighted by Crippen LogP contribution is 2.29. The number of rotatable bonds is 7. The van der Waals surface area contributed by atoms with E-state index < -0.39 is 0 Å². The molecule has 0 bridgehead atoms. The average Bonchev–Trinajstić information content (AvgIpc) is 2.55. The van der Waals surface area contributed by atoms with Crippen molar-refractivity contribution in [2.45, 2.75) is 33.6 Å². The lowest BCUT2D eigenvalue weighted by Gasteiger charge is -2.31. The van der Waals surface area contributed by atoms with E-state index in [-0.39, 0.29) is 0 Å². The third kappa shape index (κ3) is 4.61. The Hall–Kier alpha value is -0.770. The molecule has 1 fully saturated rings. The number of anilines is 1. The molecule has 1 heterocycles. The van der Waals surface area contributed by atoms with Gasteiger partial charge in [0.15, 0.2) is 0 Å². The zero-order valence-corrected chi connectivity index (χ0v) is 15.0. The zero-order chi connectivity index (χ0) is 15.9. The Morgan fingerprint density at radius 3 is 2.50 bits per heavy atom. The summed E-state index contributed by atoms with van der Waals surface area (Å²) in [6, 6.07) is 4.29. The van der Waals surface area contributed by atoms with Gasteiger partial charge in [0.05, 0.1) is 0 Å². The molecular formula is C18H30ClN3. The quantitative estimate of drug-likeness (QED) is 0.830. The highest BCUT2D eigenvalue weighted by Gasteiger charge is 2.15. The van der Waals surface area contributed by atoms with Gasteiger partial charge < -0.3 is 15.1 Å². The number of hydrogen-bond donors (Lipinski definition) is 1. The predicted octanol–water partition coefficient (Wildman–Crippen LogP) is 3.33. The number of halogens is 1. The second kappa shape index (κ2) is 8.76. The Labute approximate surface area is 140 Å². The van der Waals surface area contributed by atoms with Gasteiger partial charge in [-0.15, -0.1) is 0 Å². The van der Waals surface area contributed by atoms with Crippen LogP contribution in [0.2, 0.25) is 5.02 Å². The summed E-state index contributed by atoms with van der Waals surface area (Å²) < 4.78 is 0. The van der Waals surface area contributed by atoms with Gasteiger partial charge in [-0.25, -0.2) is 0 Å². The summed E-state index contributed by atoms with van der Waals surface area (Å²) in [5.74, 6) is 0. The molecule has 0 aliphatic carbocycles. The Morgan fingerprint density at radius 1 is 1.18 bits per heavy atom. The maximum absolute atomic E-state index is 6.38. The number of piperazine rings is 1. The lowest BCUT2D eigenvalue weighted by molar-refractivity contribution is 0.300. The van der Waals surface area contributed by atoms with Gasteiger partial charge in [-0.05, 0) is 62.7 Å². The van der Waals surface area contributed by atoms with E-state index in [0.717, 1.165) is 50.7 Å². The molecule has 2 rings (SSSR count). The molecule has 22 heavy (non-hydrogen) atoms. The number of hydrogen-bond acceptors (Lipinski definition) is 3. The van der Waals surface area contributed by atoms with Crippen LogP contribution in [0, 0.1) is 6.92 Å². The molecule has 1 aliphatic rings. The first-order chi connectivity index (χ1) is 10.7. The van der Waals surface area contributed by atoms with Crippen molar-refractivity contribution in [2.75, 3.05) is 50.7 Å². The van der Waals surface area contributed by atoms with Gasteiger partial charge in [-0.2, -0.15) is 0 Å². The third-order valence-corrected chi connectivity index (χ3v) is 4.94. The largest absolute Gasteiger partial charge is 0.369 e. The van der Waals surface area contributed by atoms with Gasteiger partial charge in [0.1, 0.15) is 0 Å². The first kappa shape index (κ1) is 17.6. The fraction of sp³-hybridized carbons (Fsp3) is 0.667. The minimum atomic E-state index is 0.872. The van der Waals surface area contributed by atoms with Crippen molar-refractivity contribution in [1.82, 2.24) is 10.2 Å². The van der Waals surface area contributed by atoms with Crippen LogP contribution in [-0.4, -0.2) is 50.7 Å². The second-order valence-electron chi connectivity index (χ2n) is 6.08. The highest BCUT2D eigenvalue weighted by molar-refractivity contribution is 6.31. The van der Waals surface area contributed by atoms with Crippen molar-refractivity contribution in [3.63, 3.8) is 0 Å². The molecule has 1 N–H and O–H groups in total. The highest BCUT2D eigenvalue weighted by atomic mass is 35.5. The third-order valence-electron chi connectivity index (χ3n) is 4.73. The molecular weight excluding hydrogens is 294 g/mol. The fourth-order valence-corrected chi connectivity index (χ4v) is 3.48. The summed E-state index contributed by atoms with van der Waals surface area (Å²) in [6.07, 6.45) is 2.31. The topological polar surface area (TPSA) is 18.5 Å². The molecule has 0 spiro atoms. The number of aryl methyl sites for hydroxylation is 1. The summed E-state index contributed by atoms with van der Waals surface area (Å²) in [4.78, 5) is 4.95. The Balaban J connectivity index is 2.06. The van der Waals surface area contributed by atoms with Gasteiger partial charge in [-0.1, -0.05) is 25.4 Å². The van der Waals surface area contributed by atoms with Gasteiger partial charge >= 0.3 is 0 Å². The van der Waals surface area contributed by atoms with Gasteiger partial charge in [-0.3, -0.25) is 0 Å². The average molecular weight is 324 g/mol. The molecule has 4 heteroatoms. The first-order valence-corrected chi connectivity index (χ1v) is 9.00. The van der Waals surface area contributed by atoms with Crippen molar-refractivity contribution in [2.24, 2.45) is 0 Å². The molecule has 0 atom stereocenters. The minimum Gasteiger partial charge on any atom is -0.369 e. The molecule has 0 aromatic heterocycles. The monoisotopic (exact) mass is 323 g/mol. The van der Waals surface area contributed by atoms with Crippen LogP contribution in [0.25, 0.3) is 0 Å². The predicted molar refractivity (Wildman–Crippen MR) is 97.4 cm³/mol. The molecule has 124 valence electrons. The molecule has 1 aromatic rings. The van der Waals surface area contributed by atoms with E-state index in [1.165, 1.54) is 29.8 Å². The lowest BCUT2D eigenvalue weighted by Crippen LogP contribution is -2.43. The Kier molecular flexibility index (Phi) is 7.00. The maximum atomic E-state index is 6.38. The van der Waals surface area contributed by atoms with Crippen molar-refractivity contribution >= 4 is 17.3 Å². The van der Waals surface area contributed by atoms with Crippen LogP contribution < -0.4 is 10.2 Å². The van der Waals surface area contributed by atoms with E-state index in [9.17, 15) is 0 Å². The van der Waals surface area contributed by atoms with Gasteiger partial charge in [0.2, 0.25) is 0 Å². The van der Waals surface area contributed by atoms with Crippen LogP contribution in [0.3, 0.4) is 0 Å². The first-order valence-electron chi connectivity index (χ1n) is 8.62. The molecule has 0 amide bonds.